The lowest BCUT2D eigenvalue weighted by Gasteiger charge is -2.42. The van der Waals surface area contributed by atoms with E-state index in [1.165, 1.54) is 0 Å². The van der Waals surface area contributed by atoms with E-state index in [1.54, 1.807) is 12.4 Å². The van der Waals surface area contributed by atoms with Crippen molar-refractivity contribution in [3.8, 4) is 0 Å². The molecule has 3 fully saturated rings. The molecule has 0 radical (unpaired) electrons. The highest BCUT2D eigenvalue weighted by atomic mass is 16.5. The van der Waals surface area contributed by atoms with Crippen LogP contribution in [0.2, 0.25) is 0 Å². The van der Waals surface area contributed by atoms with Gasteiger partial charge in [-0.1, -0.05) is 36.4 Å². The molecule has 2 amide bonds. The fourth-order valence-electron chi connectivity index (χ4n) is 4.63. The SMILES string of the molecule is O=C(C1CC1)N1C[C@@H](c2cccnc2)[C@@]2(C1)OCCN(Cc1ccccc1)C2=O. The second-order valence-corrected chi connectivity index (χ2v) is 8.28. The van der Waals surface area contributed by atoms with E-state index in [-0.39, 0.29) is 23.7 Å². The highest BCUT2D eigenvalue weighted by Gasteiger charge is 2.58. The number of hydrogen-bond donors (Lipinski definition) is 0. The van der Waals surface area contributed by atoms with Gasteiger partial charge in [0, 0.05) is 43.9 Å². The second kappa shape index (κ2) is 7.26. The van der Waals surface area contributed by atoms with Gasteiger partial charge in [-0.15, -0.1) is 0 Å². The molecule has 3 aliphatic rings. The quantitative estimate of drug-likeness (QED) is 0.802. The van der Waals surface area contributed by atoms with Gasteiger partial charge < -0.3 is 14.5 Å². The maximum atomic E-state index is 13.7. The highest BCUT2D eigenvalue weighted by Crippen LogP contribution is 2.44. The molecule has 29 heavy (non-hydrogen) atoms. The molecule has 6 heteroatoms. The topological polar surface area (TPSA) is 62.7 Å². The van der Waals surface area contributed by atoms with E-state index >= 15 is 0 Å². The van der Waals surface area contributed by atoms with Crippen molar-refractivity contribution in [1.82, 2.24) is 14.8 Å². The van der Waals surface area contributed by atoms with Gasteiger partial charge in [-0.3, -0.25) is 14.6 Å². The molecule has 1 saturated carbocycles. The van der Waals surface area contributed by atoms with Crippen molar-refractivity contribution < 1.29 is 14.3 Å². The van der Waals surface area contributed by atoms with Gasteiger partial charge in [-0.2, -0.15) is 0 Å². The van der Waals surface area contributed by atoms with Gasteiger partial charge in [-0.05, 0) is 30.0 Å². The summed E-state index contributed by atoms with van der Waals surface area (Å²) in [6.45, 7) is 2.42. The Hall–Kier alpha value is -2.73. The molecule has 0 bridgehead atoms. The van der Waals surface area contributed by atoms with Crippen LogP contribution in [0.25, 0.3) is 0 Å². The fourth-order valence-corrected chi connectivity index (χ4v) is 4.63. The van der Waals surface area contributed by atoms with Gasteiger partial charge in [0.2, 0.25) is 5.91 Å². The Morgan fingerprint density at radius 3 is 2.72 bits per heavy atom. The zero-order valence-corrected chi connectivity index (χ0v) is 16.4. The van der Waals surface area contributed by atoms with Gasteiger partial charge in [0.1, 0.15) is 0 Å². The molecule has 150 valence electrons. The average Bonchev–Trinajstić information content (AvgIpc) is 3.54. The van der Waals surface area contributed by atoms with Crippen LogP contribution in [0.5, 0.6) is 0 Å². The Balaban J connectivity index is 1.47. The molecule has 1 spiro atoms. The zero-order valence-electron chi connectivity index (χ0n) is 16.4. The third kappa shape index (κ3) is 3.31. The fraction of sp³-hybridized carbons (Fsp3) is 0.435. The first-order valence-corrected chi connectivity index (χ1v) is 10.3. The van der Waals surface area contributed by atoms with Crippen LogP contribution in [0.15, 0.2) is 54.9 Å². The number of rotatable bonds is 4. The normalized spacial score (nSPS) is 26.9. The molecule has 0 unspecified atom stereocenters. The minimum absolute atomic E-state index is 0.0208. The summed E-state index contributed by atoms with van der Waals surface area (Å²) in [4.78, 5) is 34.5. The lowest BCUT2D eigenvalue weighted by atomic mass is 9.83. The largest absolute Gasteiger partial charge is 0.361 e. The number of nitrogens with zero attached hydrogens (tertiary/aromatic N) is 3. The van der Waals surface area contributed by atoms with Gasteiger partial charge >= 0.3 is 0 Å². The van der Waals surface area contributed by atoms with Crippen molar-refractivity contribution in [3.63, 3.8) is 0 Å². The van der Waals surface area contributed by atoms with Crippen molar-refractivity contribution in [2.45, 2.75) is 30.9 Å². The molecule has 5 rings (SSSR count). The van der Waals surface area contributed by atoms with E-state index < -0.39 is 5.60 Å². The number of carbonyl (C=O) groups excluding carboxylic acids is 2. The maximum absolute atomic E-state index is 13.7. The number of carbonyl (C=O) groups is 2. The van der Waals surface area contributed by atoms with Crippen LogP contribution in [0, 0.1) is 5.92 Å². The molecule has 2 saturated heterocycles. The van der Waals surface area contributed by atoms with E-state index in [2.05, 4.69) is 4.98 Å². The summed E-state index contributed by atoms with van der Waals surface area (Å²) < 4.78 is 6.24. The third-order valence-corrected chi connectivity index (χ3v) is 6.30. The number of ether oxygens (including phenoxy) is 1. The molecule has 1 aromatic carbocycles. The van der Waals surface area contributed by atoms with Crippen LogP contribution in [0.3, 0.4) is 0 Å². The van der Waals surface area contributed by atoms with Crippen molar-refractivity contribution in [2.75, 3.05) is 26.2 Å². The number of hydrogen-bond acceptors (Lipinski definition) is 4. The Bertz CT molecular complexity index is 900. The molecule has 6 nitrogen and oxygen atoms in total. The second-order valence-electron chi connectivity index (χ2n) is 8.28. The molecule has 2 atom stereocenters. The van der Waals surface area contributed by atoms with E-state index in [1.807, 2.05) is 52.3 Å². The molecule has 0 N–H and O–H groups in total. The van der Waals surface area contributed by atoms with E-state index in [9.17, 15) is 9.59 Å². The molecule has 1 aliphatic carbocycles. The van der Waals surface area contributed by atoms with Crippen LogP contribution in [0.4, 0.5) is 0 Å². The Labute approximate surface area is 170 Å². The Morgan fingerprint density at radius 1 is 1.17 bits per heavy atom. The summed E-state index contributed by atoms with van der Waals surface area (Å²) in [5.74, 6) is 0.0590. The zero-order chi connectivity index (χ0) is 19.8. The lowest BCUT2D eigenvalue weighted by Crippen LogP contribution is -2.60. The summed E-state index contributed by atoms with van der Waals surface area (Å²) in [6, 6.07) is 13.9. The smallest absolute Gasteiger partial charge is 0.257 e. The summed E-state index contributed by atoms with van der Waals surface area (Å²) in [5.41, 5.74) is 1.02. The summed E-state index contributed by atoms with van der Waals surface area (Å²) in [5, 5.41) is 0. The number of pyridine rings is 1. The first-order chi connectivity index (χ1) is 14.2. The molecule has 2 aliphatic heterocycles. The summed E-state index contributed by atoms with van der Waals surface area (Å²) >= 11 is 0. The van der Waals surface area contributed by atoms with Crippen molar-refractivity contribution in [2.24, 2.45) is 5.92 Å². The van der Waals surface area contributed by atoms with Crippen LogP contribution >= 0.6 is 0 Å². The molecule has 2 aromatic rings. The Kier molecular flexibility index (Phi) is 4.59. The van der Waals surface area contributed by atoms with Crippen LogP contribution in [0.1, 0.15) is 29.9 Å². The van der Waals surface area contributed by atoms with Crippen LogP contribution < -0.4 is 0 Å². The minimum atomic E-state index is -1.03. The lowest BCUT2D eigenvalue weighted by molar-refractivity contribution is -0.173. The molecule has 1 aromatic heterocycles. The number of amides is 2. The molecular formula is C23H25N3O3. The first-order valence-electron chi connectivity index (χ1n) is 10.3. The van der Waals surface area contributed by atoms with Gasteiger partial charge in [0.05, 0.1) is 13.2 Å². The van der Waals surface area contributed by atoms with Crippen molar-refractivity contribution in [1.29, 1.82) is 0 Å². The third-order valence-electron chi connectivity index (χ3n) is 6.30. The van der Waals surface area contributed by atoms with Crippen LogP contribution in [-0.4, -0.2) is 58.4 Å². The molecular weight excluding hydrogens is 366 g/mol. The highest BCUT2D eigenvalue weighted by molar-refractivity contribution is 5.90. The van der Waals surface area contributed by atoms with E-state index in [4.69, 9.17) is 4.74 Å². The summed E-state index contributed by atoms with van der Waals surface area (Å²) in [6.07, 6.45) is 5.43. The maximum Gasteiger partial charge on any atom is 0.257 e. The average molecular weight is 391 g/mol. The van der Waals surface area contributed by atoms with Gasteiger partial charge in [-0.25, -0.2) is 0 Å². The predicted molar refractivity (Wildman–Crippen MR) is 107 cm³/mol. The van der Waals surface area contributed by atoms with Crippen LogP contribution in [-0.2, 0) is 20.9 Å². The number of benzene rings is 1. The van der Waals surface area contributed by atoms with Gasteiger partial charge in [0.15, 0.2) is 5.60 Å². The predicted octanol–water partition coefficient (Wildman–Crippen LogP) is 2.22. The number of likely N-dealkylation sites (tertiary alicyclic amines) is 1. The van der Waals surface area contributed by atoms with Crippen molar-refractivity contribution >= 4 is 11.8 Å². The molecule has 3 heterocycles. The van der Waals surface area contributed by atoms with E-state index in [0.29, 0.717) is 32.8 Å². The van der Waals surface area contributed by atoms with Gasteiger partial charge in [0.25, 0.3) is 5.91 Å². The summed E-state index contributed by atoms with van der Waals surface area (Å²) in [7, 11) is 0. The number of aromatic nitrogens is 1. The minimum Gasteiger partial charge on any atom is -0.361 e. The first kappa shape index (κ1) is 18.3. The monoisotopic (exact) mass is 391 g/mol. The number of morpholine rings is 1. The standard InChI is InChI=1S/C23H25N3O3/c27-21(18-8-9-18)26-15-20(19-7-4-10-24-13-19)23(16-26)22(28)25(11-12-29-23)14-17-5-2-1-3-6-17/h1-7,10,13,18,20H,8-9,11-12,14-16H2/t20-,23+/m0/s1. The Morgan fingerprint density at radius 2 is 2.00 bits per heavy atom. The van der Waals surface area contributed by atoms with Crippen molar-refractivity contribution in [3.05, 3.63) is 66.0 Å². The van der Waals surface area contributed by atoms with E-state index in [0.717, 1.165) is 24.0 Å².